The van der Waals surface area contributed by atoms with Crippen LogP contribution < -0.4 is 24.8 Å². The summed E-state index contributed by atoms with van der Waals surface area (Å²) in [7, 11) is 1.54. The van der Waals surface area contributed by atoms with Crippen molar-refractivity contribution in [3.8, 4) is 17.2 Å². The van der Waals surface area contributed by atoms with Crippen molar-refractivity contribution >= 4 is 17.5 Å². The van der Waals surface area contributed by atoms with Gasteiger partial charge in [0.15, 0.2) is 11.5 Å². The van der Waals surface area contributed by atoms with E-state index in [1.807, 2.05) is 0 Å². The van der Waals surface area contributed by atoms with Crippen LogP contribution in [0.2, 0.25) is 0 Å². The SMILES string of the molecule is COc1cc(C(=O)Nc2ccc(C(=O)NCC3CCCN4CCCCC34)cc2)cc2c1OCCCO2. The first-order valence-electron chi connectivity index (χ1n) is 13.0. The zero-order chi connectivity index (χ0) is 24.9. The molecule has 2 unspecified atom stereocenters. The van der Waals surface area contributed by atoms with E-state index in [4.69, 9.17) is 14.2 Å². The molecule has 3 aliphatic heterocycles. The van der Waals surface area contributed by atoms with E-state index in [0.717, 1.165) is 6.42 Å². The molecule has 2 saturated heterocycles. The number of amides is 2. The first kappa shape index (κ1) is 24.4. The van der Waals surface area contributed by atoms with Gasteiger partial charge in [-0.25, -0.2) is 0 Å². The molecule has 0 radical (unpaired) electrons. The average Bonchev–Trinajstić information content (AvgIpc) is 3.17. The number of carbonyl (C=O) groups excluding carboxylic acids is 2. The number of hydrogen-bond donors (Lipinski definition) is 2. The van der Waals surface area contributed by atoms with Gasteiger partial charge < -0.3 is 29.7 Å². The molecular weight excluding hydrogens is 458 g/mol. The van der Waals surface area contributed by atoms with Gasteiger partial charge in [0.05, 0.1) is 20.3 Å². The van der Waals surface area contributed by atoms with Crippen LogP contribution in [0.15, 0.2) is 36.4 Å². The number of nitrogens with one attached hydrogen (secondary N) is 2. The third kappa shape index (κ3) is 5.43. The predicted molar refractivity (Wildman–Crippen MR) is 137 cm³/mol. The van der Waals surface area contributed by atoms with Crippen LogP contribution in [-0.2, 0) is 0 Å². The van der Waals surface area contributed by atoms with Gasteiger partial charge in [0.25, 0.3) is 11.8 Å². The number of benzene rings is 2. The van der Waals surface area contributed by atoms with Crippen molar-refractivity contribution in [2.45, 2.75) is 44.6 Å². The minimum absolute atomic E-state index is 0.0755. The maximum Gasteiger partial charge on any atom is 0.255 e. The Hall–Kier alpha value is -3.26. The molecule has 36 heavy (non-hydrogen) atoms. The summed E-state index contributed by atoms with van der Waals surface area (Å²) in [6.07, 6.45) is 6.97. The van der Waals surface area contributed by atoms with Crippen molar-refractivity contribution < 1.29 is 23.8 Å². The molecule has 2 amide bonds. The summed E-state index contributed by atoms with van der Waals surface area (Å²) in [5.74, 6) is 1.63. The van der Waals surface area contributed by atoms with Gasteiger partial charge in [0.2, 0.25) is 5.75 Å². The molecule has 0 aromatic heterocycles. The lowest BCUT2D eigenvalue weighted by atomic mass is 9.83. The first-order valence-corrected chi connectivity index (χ1v) is 13.0. The van der Waals surface area contributed by atoms with Gasteiger partial charge in [-0.2, -0.15) is 0 Å². The van der Waals surface area contributed by atoms with E-state index < -0.39 is 0 Å². The standard InChI is InChI=1S/C28H35N3O5/c1-34-24-16-21(17-25-26(24)36-15-5-14-35-25)28(33)30-22-10-8-19(9-11-22)27(32)29-18-20-6-4-13-31-12-3-2-7-23(20)31/h8-11,16-17,20,23H,2-7,12-15,18H2,1H3,(H,29,32)(H,30,33). The summed E-state index contributed by atoms with van der Waals surface area (Å²) in [6, 6.07) is 10.9. The van der Waals surface area contributed by atoms with Gasteiger partial charge in [0, 0.05) is 35.8 Å². The topological polar surface area (TPSA) is 89.1 Å². The maximum atomic E-state index is 12.9. The third-order valence-electron chi connectivity index (χ3n) is 7.45. The molecule has 192 valence electrons. The number of rotatable bonds is 6. The second kappa shape index (κ2) is 11.2. The molecule has 2 atom stereocenters. The molecular formula is C28H35N3O5. The Kier molecular flexibility index (Phi) is 7.60. The molecule has 0 bridgehead atoms. The molecule has 0 saturated carbocycles. The van der Waals surface area contributed by atoms with E-state index in [0.29, 0.717) is 65.8 Å². The Labute approximate surface area is 212 Å². The van der Waals surface area contributed by atoms with Crippen LogP contribution in [0.5, 0.6) is 17.2 Å². The summed E-state index contributed by atoms with van der Waals surface area (Å²) in [4.78, 5) is 28.3. The Balaban J connectivity index is 1.19. The van der Waals surface area contributed by atoms with Crippen LogP contribution in [0.4, 0.5) is 5.69 Å². The fourth-order valence-electron chi connectivity index (χ4n) is 5.57. The van der Waals surface area contributed by atoms with Crippen molar-refractivity contribution in [2.24, 2.45) is 5.92 Å². The highest BCUT2D eigenvalue weighted by molar-refractivity contribution is 6.05. The second-order valence-electron chi connectivity index (χ2n) is 9.80. The summed E-state index contributed by atoms with van der Waals surface area (Å²) >= 11 is 0. The van der Waals surface area contributed by atoms with E-state index >= 15 is 0 Å². The quantitative estimate of drug-likeness (QED) is 0.630. The number of fused-ring (bicyclic) bond motifs is 2. The molecule has 2 N–H and O–H groups in total. The van der Waals surface area contributed by atoms with E-state index in [1.165, 1.54) is 52.3 Å². The summed E-state index contributed by atoms with van der Waals surface area (Å²) < 4.78 is 16.9. The van der Waals surface area contributed by atoms with Crippen LogP contribution in [0.25, 0.3) is 0 Å². The van der Waals surface area contributed by atoms with Crippen LogP contribution in [0.1, 0.15) is 59.2 Å². The molecule has 3 aliphatic rings. The molecule has 3 heterocycles. The van der Waals surface area contributed by atoms with Crippen molar-refractivity contribution in [3.63, 3.8) is 0 Å². The lowest BCUT2D eigenvalue weighted by Gasteiger charge is -2.44. The number of methoxy groups -OCH3 is 1. The summed E-state index contributed by atoms with van der Waals surface area (Å²) in [5.41, 5.74) is 1.59. The maximum absolute atomic E-state index is 12.9. The summed E-state index contributed by atoms with van der Waals surface area (Å²) in [5, 5.41) is 6.03. The highest BCUT2D eigenvalue weighted by Gasteiger charge is 2.33. The van der Waals surface area contributed by atoms with Gasteiger partial charge in [-0.3, -0.25) is 9.59 Å². The Bertz CT molecular complexity index is 1090. The van der Waals surface area contributed by atoms with Gasteiger partial charge in [0.1, 0.15) is 0 Å². The minimum Gasteiger partial charge on any atom is -0.493 e. The van der Waals surface area contributed by atoms with Crippen LogP contribution in [-0.4, -0.2) is 62.7 Å². The van der Waals surface area contributed by atoms with Crippen molar-refractivity contribution in [1.82, 2.24) is 10.2 Å². The highest BCUT2D eigenvalue weighted by Crippen LogP contribution is 2.40. The molecule has 0 aliphatic carbocycles. The first-order chi connectivity index (χ1) is 17.6. The fourth-order valence-corrected chi connectivity index (χ4v) is 5.57. The largest absolute Gasteiger partial charge is 0.493 e. The predicted octanol–water partition coefficient (Wildman–Crippen LogP) is 4.10. The zero-order valence-electron chi connectivity index (χ0n) is 20.9. The second-order valence-corrected chi connectivity index (χ2v) is 9.80. The third-order valence-corrected chi connectivity index (χ3v) is 7.45. The monoisotopic (exact) mass is 493 g/mol. The van der Waals surface area contributed by atoms with E-state index in [9.17, 15) is 9.59 Å². The summed E-state index contributed by atoms with van der Waals surface area (Å²) in [6.45, 7) is 4.16. The van der Waals surface area contributed by atoms with Gasteiger partial charge in [-0.05, 0) is 81.1 Å². The molecule has 8 nitrogen and oxygen atoms in total. The molecule has 0 spiro atoms. The van der Waals surface area contributed by atoms with Crippen molar-refractivity contribution in [2.75, 3.05) is 45.3 Å². The zero-order valence-corrected chi connectivity index (χ0v) is 20.9. The number of ether oxygens (including phenoxy) is 3. The molecule has 2 aromatic rings. The molecule has 2 aromatic carbocycles. The van der Waals surface area contributed by atoms with Gasteiger partial charge >= 0.3 is 0 Å². The lowest BCUT2D eigenvalue weighted by Crippen LogP contribution is -2.51. The lowest BCUT2D eigenvalue weighted by molar-refractivity contribution is 0.0575. The minimum atomic E-state index is -0.296. The number of anilines is 1. The molecule has 5 rings (SSSR count). The fraction of sp³-hybridized carbons (Fsp3) is 0.500. The van der Waals surface area contributed by atoms with Crippen LogP contribution >= 0.6 is 0 Å². The number of carbonyl (C=O) groups is 2. The number of nitrogens with zero attached hydrogens (tertiary/aromatic N) is 1. The Morgan fingerprint density at radius 1 is 0.944 bits per heavy atom. The van der Waals surface area contributed by atoms with E-state index in [2.05, 4.69) is 15.5 Å². The van der Waals surface area contributed by atoms with E-state index in [-0.39, 0.29) is 11.8 Å². The number of hydrogen-bond acceptors (Lipinski definition) is 6. The van der Waals surface area contributed by atoms with Crippen LogP contribution in [0, 0.1) is 5.92 Å². The average molecular weight is 494 g/mol. The molecule has 8 heteroatoms. The molecule has 2 fully saturated rings. The Morgan fingerprint density at radius 2 is 1.75 bits per heavy atom. The highest BCUT2D eigenvalue weighted by atomic mass is 16.5. The van der Waals surface area contributed by atoms with Crippen molar-refractivity contribution in [1.29, 1.82) is 0 Å². The van der Waals surface area contributed by atoms with Gasteiger partial charge in [-0.1, -0.05) is 6.42 Å². The van der Waals surface area contributed by atoms with E-state index in [1.54, 1.807) is 36.4 Å². The normalized spacial score (nSPS) is 21.6. The van der Waals surface area contributed by atoms with Crippen molar-refractivity contribution in [3.05, 3.63) is 47.5 Å². The van der Waals surface area contributed by atoms with Gasteiger partial charge in [-0.15, -0.1) is 0 Å². The Morgan fingerprint density at radius 3 is 2.58 bits per heavy atom. The number of piperidine rings is 2. The van der Waals surface area contributed by atoms with Crippen LogP contribution in [0.3, 0.4) is 0 Å². The smallest absolute Gasteiger partial charge is 0.255 e.